The van der Waals surface area contributed by atoms with E-state index in [4.69, 9.17) is 0 Å². The highest BCUT2D eigenvalue weighted by atomic mass is 16.3. The van der Waals surface area contributed by atoms with Gasteiger partial charge in [0.1, 0.15) is 0 Å². The molecule has 0 unspecified atom stereocenters. The third-order valence-corrected chi connectivity index (χ3v) is 2.47. The predicted molar refractivity (Wildman–Crippen MR) is 51.2 cm³/mol. The van der Waals surface area contributed by atoms with Crippen molar-refractivity contribution >= 4 is 0 Å². The van der Waals surface area contributed by atoms with Gasteiger partial charge in [0.15, 0.2) is 0 Å². The highest BCUT2D eigenvalue weighted by Gasteiger charge is 2.26. The van der Waals surface area contributed by atoms with Crippen LogP contribution in [0.4, 0.5) is 0 Å². The van der Waals surface area contributed by atoms with E-state index in [9.17, 15) is 5.11 Å². The molecule has 0 saturated heterocycles. The van der Waals surface area contributed by atoms with Gasteiger partial charge in [-0.25, -0.2) is 0 Å². The maximum atomic E-state index is 9.18. The van der Waals surface area contributed by atoms with Gasteiger partial charge in [0.2, 0.25) is 0 Å². The van der Waals surface area contributed by atoms with E-state index in [1.807, 2.05) is 0 Å². The summed E-state index contributed by atoms with van der Waals surface area (Å²) in [4.78, 5) is 0. The van der Waals surface area contributed by atoms with Crippen molar-refractivity contribution < 1.29 is 5.11 Å². The van der Waals surface area contributed by atoms with Crippen LogP contribution >= 0.6 is 0 Å². The van der Waals surface area contributed by atoms with Gasteiger partial charge in [0.05, 0.1) is 5.76 Å². The minimum absolute atomic E-state index is 0.334. The fraction of sp³-hybridized carbons (Fsp3) is 0.800. The van der Waals surface area contributed by atoms with Gasteiger partial charge in [0, 0.05) is 18.0 Å². The van der Waals surface area contributed by atoms with E-state index in [1.54, 1.807) is 0 Å². The Morgan fingerprint density at radius 1 is 1.50 bits per heavy atom. The Bertz CT molecular complexity index is 165. The van der Waals surface area contributed by atoms with Crippen LogP contribution in [0.3, 0.4) is 0 Å². The Morgan fingerprint density at radius 2 is 2.17 bits per heavy atom. The molecule has 2 atom stereocenters. The first-order valence-electron chi connectivity index (χ1n) is 4.73. The van der Waals surface area contributed by atoms with Crippen molar-refractivity contribution in [1.29, 1.82) is 0 Å². The Balaban J connectivity index is 2.30. The van der Waals surface area contributed by atoms with Crippen LogP contribution in [0.1, 0.15) is 33.1 Å². The van der Waals surface area contributed by atoms with E-state index in [1.165, 1.54) is 6.42 Å². The van der Waals surface area contributed by atoms with Crippen LogP contribution in [0, 0.1) is 5.92 Å². The summed E-state index contributed by atoms with van der Waals surface area (Å²) in [5.74, 6) is 0.698. The summed E-state index contributed by atoms with van der Waals surface area (Å²) < 4.78 is 0. The molecule has 0 aromatic rings. The summed E-state index contributed by atoms with van der Waals surface area (Å²) >= 11 is 0. The summed E-state index contributed by atoms with van der Waals surface area (Å²) in [6.07, 6.45) is 3.30. The molecule has 1 saturated carbocycles. The molecule has 70 valence electrons. The van der Waals surface area contributed by atoms with E-state index < -0.39 is 0 Å². The fourth-order valence-electron chi connectivity index (χ4n) is 1.91. The van der Waals surface area contributed by atoms with Gasteiger partial charge in [-0.2, -0.15) is 0 Å². The van der Waals surface area contributed by atoms with Gasteiger partial charge in [-0.05, 0) is 19.3 Å². The summed E-state index contributed by atoms with van der Waals surface area (Å²) in [5, 5.41) is 12.7. The Morgan fingerprint density at radius 3 is 2.58 bits per heavy atom. The van der Waals surface area contributed by atoms with Crippen molar-refractivity contribution in [2.24, 2.45) is 5.92 Å². The minimum atomic E-state index is 0.334. The Hall–Kier alpha value is -0.500. The zero-order chi connectivity index (χ0) is 9.14. The van der Waals surface area contributed by atoms with Crippen molar-refractivity contribution in [1.82, 2.24) is 5.32 Å². The summed E-state index contributed by atoms with van der Waals surface area (Å²) in [6.45, 7) is 7.89. The molecule has 0 amide bonds. The molecule has 0 aliphatic heterocycles. The van der Waals surface area contributed by atoms with E-state index >= 15 is 0 Å². The van der Waals surface area contributed by atoms with Crippen LogP contribution < -0.4 is 5.32 Å². The molecule has 0 aromatic heterocycles. The standard InChI is InChI=1S/C10H19NO/c1-7(2)11-10-5-4-9(6-10)8(3)12/h7,9-12H,3-6H2,1-2H3/t9-,10+/m0/s1. The number of nitrogens with one attached hydrogen (secondary N) is 1. The molecule has 2 heteroatoms. The quantitative estimate of drug-likeness (QED) is 0.635. The first-order chi connectivity index (χ1) is 5.59. The number of aliphatic hydroxyl groups excluding tert-OH is 1. The highest BCUT2D eigenvalue weighted by molar-refractivity contribution is 4.96. The van der Waals surface area contributed by atoms with E-state index in [0.717, 1.165) is 12.8 Å². The highest BCUT2D eigenvalue weighted by Crippen LogP contribution is 2.29. The van der Waals surface area contributed by atoms with Crippen LogP contribution in [0.5, 0.6) is 0 Å². The SMILES string of the molecule is C=C(O)[C@H]1CC[C@@H](NC(C)C)C1. The maximum Gasteiger partial charge on any atom is 0.0882 e. The largest absolute Gasteiger partial charge is 0.513 e. The number of aliphatic hydroxyl groups is 1. The molecule has 0 spiro atoms. The second-order valence-corrected chi connectivity index (χ2v) is 4.02. The van der Waals surface area contributed by atoms with Crippen LogP contribution in [0.25, 0.3) is 0 Å². The van der Waals surface area contributed by atoms with Crippen LogP contribution in [-0.4, -0.2) is 17.2 Å². The topological polar surface area (TPSA) is 32.3 Å². The van der Waals surface area contributed by atoms with Gasteiger partial charge >= 0.3 is 0 Å². The summed E-state index contributed by atoms with van der Waals surface area (Å²) in [6, 6.07) is 1.12. The number of hydrogen-bond donors (Lipinski definition) is 2. The number of allylic oxidation sites excluding steroid dienone is 1. The third-order valence-electron chi connectivity index (χ3n) is 2.47. The van der Waals surface area contributed by atoms with E-state index in [-0.39, 0.29) is 0 Å². The predicted octanol–water partition coefficient (Wildman–Crippen LogP) is 2.22. The molecule has 1 aliphatic rings. The summed E-state index contributed by atoms with van der Waals surface area (Å²) in [5.41, 5.74) is 0. The Kier molecular flexibility index (Phi) is 3.15. The maximum absolute atomic E-state index is 9.18. The molecule has 0 radical (unpaired) electrons. The second kappa shape index (κ2) is 3.94. The van der Waals surface area contributed by atoms with E-state index in [0.29, 0.717) is 23.8 Å². The zero-order valence-electron chi connectivity index (χ0n) is 8.01. The molecule has 1 rings (SSSR count). The first kappa shape index (κ1) is 9.59. The molecular weight excluding hydrogens is 150 g/mol. The fourth-order valence-corrected chi connectivity index (χ4v) is 1.91. The second-order valence-electron chi connectivity index (χ2n) is 4.02. The van der Waals surface area contributed by atoms with Gasteiger partial charge in [-0.3, -0.25) is 0 Å². The monoisotopic (exact) mass is 169 g/mol. The van der Waals surface area contributed by atoms with Crippen LogP contribution in [0.15, 0.2) is 12.3 Å². The van der Waals surface area contributed by atoms with Crippen molar-refractivity contribution in [3.63, 3.8) is 0 Å². The molecule has 0 aromatic carbocycles. The average Bonchev–Trinajstić information content (AvgIpc) is 2.34. The normalized spacial score (nSPS) is 29.6. The van der Waals surface area contributed by atoms with Crippen molar-refractivity contribution in [3.05, 3.63) is 12.3 Å². The lowest BCUT2D eigenvalue weighted by molar-refractivity contribution is 0.329. The molecule has 0 bridgehead atoms. The number of rotatable bonds is 3. The molecule has 0 heterocycles. The van der Waals surface area contributed by atoms with E-state index in [2.05, 4.69) is 25.7 Å². The van der Waals surface area contributed by atoms with Crippen molar-refractivity contribution in [2.75, 3.05) is 0 Å². The Labute approximate surface area is 74.7 Å². The van der Waals surface area contributed by atoms with Crippen LogP contribution in [0.2, 0.25) is 0 Å². The van der Waals surface area contributed by atoms with Gasteiger partial charge in [-0.1, -0.05) is 20.4 Å². The zero-order valence-corrected chi connectivity index (χ0v) is 8.01. The molecule has 2 nitrogen and oxygen atoms in total. The average molecular weight is 169 g/mol. The lowest BCUT2D eigenvalue weighted by Gasteiger charge is -2.15. The smallest absolute Gasteiger partial charge is 0.0882 e. The van der Waals surface area contributed by atoms with Gasteiger partial charge in [-0.15, -0.1) is 0 Å². The van der Waals surface area contributed by atoms with Crippen molar-refractivity contribution in [2.45, 2.75) is 45.2 Å². The van der Waals surface area contributed by atoms with Gasteiger partial charge < -0.3 is 10.4 Å². The number of hydrogen-bond acceptors (Lipinski definition) is 2. The molecule has 1 fully saturated rings. The lowest BCUT2D eigenvalue weighted by Crippen LogP contribution is -2.32. The van der Waals surface area contributed by atoms with Crippen LogP contribution in [-0.2, 0) is 0 Å². The molecule has 1 aliphatic carbocycles. The van der Waals surface area contributed by atoms with Crippen molar-refractivity contribution in [3.8, 4) is 0 Å². The van der Waals surface area contributed by atoms with Gasteiger partial charge in [0.25, 0.3) is 0 Å². The first-order valence-corrected chi connectivity index (χ1v) is 4.73. The third kappa shape index (κ3) is 2.52. The lowest BCUT2D eigenvalue weighted by atomic mass is 10.1. The summed E-state index contributed by atoms with van der Waals surface area (Å²) in [7, 11) is 0. The molecule has 2 N–H and O–H groups in total. The molecule has 12 heavy (non-hydrogen) atoms. The minimum Gasteiger partial charge on any atom is -0.513 e. The molecular formula is C10H19NO.